The van der Waals surface area contributed by atoms with Crippen molar-refractivity contribution in [3.8, 4) is 0 Å². The highest BCUT2D eigenvalue weighted by atomic mass is 35.5. The summed E-state index contributed by atoms with van der Waals surface area (Å²) in [6.45, 7) is 3.59. The smallest absolute Gasteiger partial charge is 0.341 e. The summed E-state index contributed by atoms with van der Waals surface area (Å²) >= 11 is 13.9. The second-order valence-corrected chi connectivity index (χ2v) is 10.3. The first-order chi connectivity index (χ1) is 16.7. The molecule has 3 atom stereocenters. The summed E-state index contributed by atoms with van der Waals surface area (Å²) in [5.41, 5.74) is 2.14. The number of fused-ring (bicyclic) bond motifs is 1. The van der Waals surface area contributed by atoms with Gasteiger partial charge < -0.3 is 4.74 Å². The van der Waals surface area contributed by atoms with Crippen LogP contribution in [0.2, 0.25) is 10.0 Å². The Balaban J connectivity index is 1.63. The third-order valence-corrected chi connectivity index (χ3v) is 8.12. The molecule has 2 fully saturated rings. The maximum absolute atomic E-state index is 13.9. The lowest BCUT2D eigenvalue weighted by Gasteiger charge is -2.29. The average Bonchev–Trinajstić information content (AvgIpc) is 3.44. The molecule has 0 bridgehead atoms. The van der Waals surface area contributed by atoms with E-state index in [9.17, 15) is 14.4 Å². The number of methoxy groups -OCH3 is 1. The Morgan fingerprint density at radius 2 is 1.77 bits per heavy atom. The van der Waals surface area contributed by atoms with Crippen LogP contribution in [-0.2, 0) is 19.2 Å². The topological polar surface area (TPSA) is 76.2 Å². The molecule has 0 unspecified atom stereocenters. The molecule has 2 aliphatic rings. The van der Waals surface area contributed by atoms with Crippen LogP contribution in [-0.4, -0.2) is 31.0 Å². The molecule has 180 valence electrons. The minimum absolute atomic E-state index is 0.206. The molecule has 7 nitrogen and oxygen atoms in total. The van der Waals surface area contributed by atoms with Crippen molar-refractivity contribution in [2.24, 2.45) is 5.92 Å². The Hall–Kier alpha value is -2.91. The number of nitrogens with zero attached hydrogens (tertiary/aromatic N) is 2. The lowest BCUT2D eigenvalue weighted by atomic mass is 9.90. The molecule has 0 radical (unpaired) electrons. The van der Waals surface area contributed by atoms with E-state index in [-0.39, 0.29) is 10.6 Å². The number of ether oxygens (including phenoxy) is 1. The maximum Gasteiger partial charge on any atom is 0.341 e. The van der Waals surface area contributed by atoms with Gasteiger partial charge in [0.25, 0.3) is 5.91 Å². The van der Waals surface area contributed by atoms with Crippen molar-refractivity contribution in [3.05, 3.63) is 80.1 Å². The molecule has 0 aliphatic carbocycles. The third kappa shape index (κ3) is 3.72. The van der Waals surface area contributed by atoms with Crippen LogP contribution in [0.4, 0.5) is 10.7 Å². The molecule has 1 aromatic heterocycles. The number of hydrogen-bond acceptors (Lipinski definition) is 7. The van der Waals surface area contributed by atoms with Crippen LogP contribution in [0.25, 0.3) is 0 Å². The van der Waals surface area contributed by atoms with Crippen LogP contribution in [0.15, 0.2) is 48.5 Å². The number of anilines is 2. The van der Waals surface area contributed by atoms with E-state index < -0.39 is 35.8 Å². The zero-order valence-electron chi connectivity index (χ0n) is 19.0. The molecular formula is C25H20Cl2N2O5S. The van der Waals surface area contributed by atoms with Gasteiger partial charge in [-0.2, -0.15) is 0 Å². The highest BCUT2D eigenvalue weighted by Gasteiger charge is 2.61. The summed E-state index contributed by atoms with van der Waals surface area (Å²) in [7, 11) is 1.26. The fraction of sp³-hybridized carbons (Fsp3) is 0.240. The Morgan fingerprint density at radius 3 is 2.43 bits per heavy atom. The van der Waals surface area contributed by atoms with Gasteiger partial charge in [-0.1, -0.05) is 47.5 Å². The number of para-hydroxylation sites is 1. The van der Waals surface area contributed by atoms with Gasteiger partial charge in [-0.15, -0.1) is 11.3 Å². The molecule has 5 rings (SSSR count). The lowest BCUT2D eigenvalue weighted by molar-refractivity contribution is -0.126. The zero-order valence-corrected chi connectivity index (χ0v) is 21.3. The summed E-state index contributed by atoms with van der Waals surface area (Å²) in [4.78, 5) is 48.1. The first-order valence-electron chi connectivity index (χ1n) is 10.8. The summed E-state index contributed by atoms with van der Waals surface area (Å²) in [6, 6.07) is 13.5. The van der Waals surface area contributed by atoms with Crippen LogP contribution < -0.4 is 9.96 Å². The van der Waals surface area contributed by atoms with Gasteiger partial charge >= 0.3 is 5.97 Å². The molecule has 3 aromatic rings. The summed E-state index contributed by atoms with van der Waals surface area (Å²) in [6.07, 6.45) is -1.09. The maximum atomic E-state index is 13.9. The molecule has 2 amide bonds. The standard InChI is InChI=1S/C25H20Cl2N2O5S/c1-12-13(2)35-24(18(12)25(32)33-3)28-22(30)19-20(16-10-9-14(26)11-17(16)27)29(34-21(19)23(28)31)15-7-5-4-6-8-15/h4-11,19-21H,1-3H3/t19-,20-,21-/m0/s1. The van der Waals surface area contributed by atoms with Crippen molar-refractivity contribution in [2.75, 3.05) is 17.1 Å². The van der Waals surface area contributed by atoms with Crippen LogP contribution in [0, 0.1) is 19.8 Å². The largest absolute Gasteiger partial charge is 0.465 e. The first kappa shape index (κ1) is 23.8. The Bertz CT molecular complexity index is 1360. The fourth-order valence-corrected chi connectivity index (χ4v) is 6.25. The number of esters is 1. The van der Waals surface area contributed by atoms with E-state index in [1.54, 1.807) is 30.2 Å². The van der Waals surface area contributed by atoms with Gasteiger partial charge in [0.15, 0.2) is 6.10 Å². The number of amides is 2. The summed E-state index contributed by atoms with van der Waals surface area (Å²) in [5.74, 6) is -2.51. The summed E-state index contributed by atoms with van der Waals surface area (Å²) in [5, 5.41) is 2.60. The second kappa shape index (κ2) is 8.95. The molecular weight excluding hydrogens is 511 g/mol. The predicted octanol–water partition coefficient (Wildman–Crippen LogP) is 5.51. The van der Waals surface area contributed by atoms with E-state index in [2.05, 4.69) is 0 Å². The van der Waals surface area contributed by atoms with Gasteiger partial charge in [-0.05, 0) is 49.2 Å². The van der Waals surface area contributed by atoms with Crippen molar-refractivity contribution < 1.29 is 24.0 Å². The number of aryl methyl sites for hydroxylation is 1. The van der Waals surface area contributed by atoms with Gasteiger partial charge in [0.05, 0.1) is 24.4 Å². The number of thiophene rings is 1. The Labute approximate surface area is 215 Å². The fourth-order valence-electron chi connectivity index (χ4n) is 4.58. The molecule has 2 aromatic carbocycles. The number of carbonyl (C=O) groups excluding carboxylic acids is 3. The number of hydrogen-bond donors (Lipinski definition) is 0. The van der Waals surface area contributed by atoms with Crippen LogP contribution in [0.5, 0.6) is 0 Å². The Kier molecular flexibility index (Phi) is 6.09. The average molecular weight is 531 g/mol. The molecule has 2 saturated heterocycles. The van der Waals surface area contributed by atoms with Gasteiger partial charge in [-0.3, -0.25) is 14.4 Å². The number of benzene rings is 2. The number of carbonyl (C=O) groups is 3. The van der Waals surface area contributed by atoms with E-state index in [4.69, 9.17) is 32.8 Å². The molecule has 0 N–H and O–H groups in total. The van der Waals surface area contributed by atoms with Gasteiger partial charge in [-0.25, -0.2) is 14.8 Å². The monoisotopic (exact) mass is 530 g/mol. The Morgan fingerprint density at radius 1 is 1.06 bits per heavy atom. The molecule has 10 heteroatoms. The van der Waals surface area contributed by atoms with Gasteiger partial charge in [0.1, 0.15) is 10.9 Å². The van der Waals surface area contributed by atoms with Gasteiger partial charge in [0.2, 0.25) is 5.91 Å². The zero-order chi connectivity index (χ0) is 25.0. The minimum Gasteiger partial charge on any atom is -0.465 e. The molecule has 2 aliphatic heterocycles. The molecule has 3 heterocycles. The van der Waals surface area contributed by atoms with Crippen molar-refractivity contribution in [3.63, 3.8) is 0 Å². The van der Waals surface area contributed by atoms with E-state index in [0.717, 1.165) is 9.78 Å². The number of halogens is 2. The van der Waals surface area contributed by atoms with Crippen molar-refractivity contribution in [2.45, 2.75) is 26.0 Å². The van der Waals surface area contributed by atoms with E-state index in [1.165, 1.54) is 18.4 Å². The number of imide groups is 1. The van der Waals surface area contributed by atoms with E-state index >= 15 is 0 Å². The highest BCUT2D eigenvalue weighted by molar-refractivity contribution is 7.17. The minimum atomic E-state index is -1.09. The van der Waals surface area contributed by atoms with Crippen LogP contribution >= 0.6 is 34.5 Å². The first-order valence-corrected chi connectivity index (χ1v) is 12.3. The van der Waals surface area contributed by atoms with Crippen LogP contribution in [0.1, 0.15) is 32.4 Å². The molecule has 0 spiro atoms. The van der Waals surface area contributed by atoms with Crippen molar-refractivity contribution in [1.82, 2.24) is 0 Å². The normalized spacial score (nSPS) is 21.6. The van der Waals surface area contributed by atoms with E-state index in [1.807, 2.05) is 37.3 Å². The second-order valence-electron chi connectivity index (χ2n) is 8.29. The SMILES string of the molecule is COC(=O)c1c(N2C(=O)[C@@H]3[C@H](ON(c4ccccc4)[C@H]3c3ccc(Cl)cc3Cl)C2=O)sc(C)c1C. The molecule has 0 saturated carbocycles. The highest BCUT2D eigenvalue weighted by Crippen LogP contribution is 2.50. The number of hydroxylamine groups is 1. The van der Waals surface area contributed by atoms with Crippen LogP contribution in [0.3, 0.4) is 0 Å². The quantitative estimate of drug-likeness (QED) is 0.327. The third-order valence-electron chi connectivity index (χ3n) is 6.37. The lowest BCUT2D eigenvalue weighted by Crippen LogP contribution is -2.37. The predicted molar refractivity (Wildman–Crippen MR) is 134 cm³/mol. The summed E-state index contributed by atoms with van der Waals surface area (Å²) < 4.78 is 4.94. The van der Waals surface area contributed by atoms with Crippen molar-refractivity contribution in [1.29, 1.82) is 0 Å². The number of rotatable bonds is 4. The molecule has 35 heavy (non-hydrogen) atoms. The van der Waals surface area contributed by atoms with E-state index in [0.29, 0.717) is 26.9 Å². The van der Waals surface area contributed by atoms with Crippen molar-refractivity contribution >= 4 is 63.0 Å². The van der Waals surface area contributed by atoms with Gasteiger partial charge in [0, 0.05) is 14.9 Å².